The maximum atomic E-state index is 4.05. The molecule has 0 aliphatic rings. The summed E-state index contributed by atoms with van der Waals surface area (Å²) in [5, 5.41) is 11.0. The van der Waals surface area contributed by atoms with Crippen LogP contribution in [-0.2, 0) is 13.0 Å². The molecule has 1 aromatic rings. The van der Waals surface area contributed by atoms with Gasteiger partial charge in [-0.3, -0.25) is 0 Å². The van der Waals surface area contributed by atoms with Gasteiger partial charge in [-0.15, -0.1) is 10.2 Å². The summed E-state index contributed by atoms with van der Waals surface area (Å²) in [5.41, 5.74) is 0. The average molecular weight is 168 g/mol. The topological polar surface area (TPSA) is 42.7 Å². The van der Waals surface area contributed by atoms with E-state index in [1.54, 1.807) is 6.33 Å². The van der Waals surface area contributed by atoms with E-state index in [1.807, 2.05) is 7.05 Å². The van der Waals surface area contributed by atoms with E-state index < -0.39 is 0 Å². The maximum Gasteiger partial charge on any atom is 0.134 e. The second kappa shape index (κ2) is 4.87. The van der Waals surface area contributed by atoms with Crippen LogP contribution in [0.3, 0.4) is 0 Å². The normalized spacial score (nSPS) is 10.5. The van der Waals surface area contributed by atoms with Crippen LogP contribution in [0.1, 0.15) is 19.2 Å². The van der Waals surface area contributed by atoms with Crippen molar-refractivity contribution >= 4 is 0 Å². The molecule has 0 spiro atoms. The van der Waals surface area contributed by atoms with Gasteiger partial charge in [0.05, 0.1) is 0 Å². The number of nitrogens with one attached hydrogen (secondary N) is 1. The Bertz CT molecular complexity index is 219. The molecular weight excluding hydrogens is 152 g/mol. The van der Waals surface area contributed by atoms with Crippen molar-refractivity contribution in [2.45, 2.75) is 26.3 Å². The van der Waals surface area contributed by atoms with Crippen molar-refractivity contribution in [3.8, 4) is 0 Å². The fourth-order valence-corrected chi connectivity index (χ4v) is 1.14. The first-order valence-electron chi connectivity index (χ1n) is 4.39. The van der Waals surface area contributed by atoms with E-state index in [1.165, 1.54) is 0 Å². The van der Waals surface area contributed by atoms with Crippen molar-refractivity contribution in [1.82, 2.24) is 20.1 Å². The molecule has 0 aliphatic heterocycles. The smallest absolute Gasteiger partial charge is 0.134 e. The predicted octanol–water partition coefficient (Wildman–Crippen LogP) is 0.450. The molecule has 4 nitrogen and oxygen atoms in total. The molecule has 0 aromatic carbocycles. The molecule has 0 bridgehead atoms. The van der Waals surface area contributed by atoms with Gasteiger partial charge < -0.3 is 9.88 Å². The molecule has 1 N–H and O–H groups in total. The molecular formula is C8H16N4. The zero-order valence-corrected chi connectivity index (χ0v) is 7.75. The fourth-order valence-electron chi connectivity index (χ4n) is 1.14. The average Bonchev–Trinajstić information content (AvgIpc) is 2.50. The van der Waals surface area contributed by atoms with E-state index in [0.717, 1.165) is 31.8 Å². The van der Waals surface area contributed by atoms with E-state index in [0.29, 0.717) is 0 Å². The lowest BCUT2D eigenvalue weighted by atomic mass is 10.4. The molecule has 0 unspecified atom stereocenters. The Morgan fingerprint density at radius 2 is 2.42 bits per heavy atom. The van der Waals surface area contributed by atoms with Gasteiger partial charge in [0, 0.05) is 19.5 Å². The van der Waals surface area contributed by atoms with Gasteiger partial charge in [-0.25, -0.2) is 0 Å². The molecule has 0 radical (unpaired) electrons. The van der Waals surface area contributed by atoms with E-state index in [2.05, 4.69) is 27.0 Å². The lowest BCUT2D eigenvalue weighted by molar-refractivity contribution is 0.624. The summed E-state index contributed by atoms with van der Waals surface area (Å²) in [7, 11) is 1.94. The first kappa shape index (κ1) is 9.19. The highest BCUT2D eigenvalue weighted by Gasteiger charge is 2.00. The van der Waals surface area contributed by atoms with Gasteiger partial charge in [0.25, 0.3) is 0 Å². The first-order chi connectivity index (χ1) is 5.88. The lowest BCUT2D eigenvalue weighted by Crippen LogP contribution is -2.14. The molecule has 0 atom stereocenters. The summed E-state index contributed by atoms with van der Waals surface area (Å²) < 4.78 is 2.11. The number of hydrogen-bond acceptors (Lipinski definition) is 3. The molecule has 0 aliphatic carbocycles. The van der Waals surface area contributed by atoms with Crippen molar-refractivity contribution in [3.05, 3.63) is 12.2 Å². The predicted molar refractivity (Wildman–Crippen MR) is 47.9 cm³/mol. The number of aromatic nitrogens is 3. The minimum absolute atomic E-state index is 0.955. The highest BCUT2D eigenvalue weighted by molar-refractivity contribution is 4.86. The highest BCUT2D eigenvalue weighted by Crippen LogP contribution is 1.96. The van der Waals surface area contributed by atoms with E-state index in [-0.39, 0.29) is 0 Å². The maximum absolute atomic E-state index is 4.05. The number of nitrogens with zero attached hydrogens (tertiary/aromatic N) is 3. The zero-order valence-electron chi connectivity index (χ0n) is 7.75. The Balaban J connectivity index is 2.51. The van der Waals surface area contributed by atoms with Crippen LogP contribution < -0.4 is 5.32 Å². The summed E-state index contributed by atoms with van der Waals surface area (Å²) in [5.74, 6) is 1.08. The standard InChI is InChI=1S/C8H16N4/c1-3-6-12-7-10-11-8(12)4-5-9-2/h7,9H,3-6H2,1-2H3. The number of hydrogen-bond donors (Lipinski definition) is 1. The SMILES string of the molecule is CCCn1cnnc1CCNC. The Labute approximate surface area is 73.0 Å². The highest BCUT2D eigenvalue weighted by atomic mass is 15.3. The molecule has 12 heavy (non-hydrogen) atoms. The van der Waals surface area contributed by atoms with Crippen LogP contribution in [0.15, 0.2) is 6.33 Å². The van der Waals surface area contributed by atoms with Gasteiger partial charge in [-0.2, -0.15) is 0 Å². The van der Waals surface area contributed by atoms with Crippen LogP contribution in [0, 0.1) is 0 Å². The van der Waals surface area contributed by atoms with Crippen molar-refractivity contribution in [3.63, 3.8) is 0 Å². The molecule has 0 fully saturated rings. The van der Waals surface area contributed by atoms with Gasteiger partial charge in [-0.1, -0.05) is 6.92 Å². The number of aryl methyl sites for hydroxylation is 1. The molecule has 1 aromatic heterocycles. The summed E-state index contributed by atoms with van der Waals surface area (Å²) in [6.45, 7) is 4.14. The van der Waals surface area contributed by atoms with Crippen LogP contribution in [0.25, 0.3) is 0 Å². The number of likely N-dealkylation sites (N-methyl/N-ethyl adjacent to an activating group) is 1. The molecule has 0 amide bonds. The summed E-state index contributed by atoms with van der Waals surface area (Å²) in [6, 6.07) is 0. The molecule has 0 saturated carbocycles. The summed E-state index contributed by atoms with van der Waals surface area (Å²) >= 11 is 0. The second-order valence-electron chi connectivity index (χ2n) is 2.79. The Morgan fingerprint density at radius 3 is 3.08 bits per heavy atom. The van der Waals surface area contributed by atoms with E-state index in [4.69, 9.17) is 0 Å². The second-order valence-corrected chi connectivity index (χ2v) is 2.79. The van der Waals surface area contributed by atoms with Gasteiger partial charge in [0.1, 0.15) is 12.2 Å². The van der Waals surface area contributed by atoms with E-state index in [9.17, 15) is 0 Å². The third kappa shape index (κ3) is 2.30. The van der Waals surface area contributed by atoms with Crippen molar-refractivity contribution < 1.29 is 0 Å². The quantitative estimate of drug-likeness (QED) is 0.694. The molecule has 1 heterocycles. The minimum atomic E-state index is 0.955. The molecule has 68 valence electrons. The summed E-state index contributed by atoms with van der Waals surface area (Å²) in [6.07, 6.45) is 3.88. The van der Waals surface area contributed by atoms with Crippen LogP contribution in [0.4, 0.5) is 0 Å². The first-order valence-corrected chi connectivity index (χ1v) is 4.39. The van der Waals surface area contributed by atoms with Gasteiger partial charge in [0.15, 0.2) is 0 Å². The molecule has 0 saturated heterocycles. The Kier molecular flexibility index (Phi) is 3.73. The molecule has 4 heteroatoms. The minimum Gasteiger partial charge on any atom is -0.319 e. The van der Waals surface area contributed by atoms with E-state index >= 15 is 0 Å². The molecule has 1 rings (SSSR count). The van der Waals surface area contributed by atoms with Crippen LogP contribution >= 0.6 is 0 Å². The third-order valence-corrected chi connectivity index (χ3v) is 1.76. The lowest BCUT2D eigenvalue weighted by Gasteiger charge is -2.03. The number of rotatable bonds is 5. The monoisotopic (exact) mass is 168 g/mol. The van der Waals surface area contributed by atoms with Gasteiger partial charge in [-0.05, 0) is 13.5 Å². The van der Waals surface area contributed by atoms with Crippen molar-refractivity contribution in [2.24, 2.45) is 0 Å². The summed E-state index contributed by atoms with van der Waals surface area (Å²) in [4.78, 5) is 0. The largest absolute Gasteiger partial charge is 0.319 e. The Morgan fingerprint density at radius 1 is 1.58 bits per heavy atom. The van der Waals surface area contributed by atoms with Crippen LogP contribution in [-0.4, -0.2) is 28.4 Å². The zero-order chi connectivity index (χ0) is 8.81. The van der Waals surface area contributed by atoms with Crippen LogP contribution in [0.5, 0.6) is 0 Å². The fraction of sp³-hybridized carbons (Fsp3) is 0.750. The van der Waals surface area contributed by atoms with Gasteiger partial charge in [0.2, 0.25) is 0 Å². The van der Waals surface area contributed by atoms with Crippen molar-refractivity contribution in [2.75, 3.05) is 13.6 Å². The van der Waals surface area contributed by atoms with Gasteiger partial charge >= 0.3 is 0 Å². The van der Waals surface area contributed by atoms with Crippen LogP contribution in [0.2, 0.25) is 0 Å². The Hall–Kier alpha value is -0.900. The van der Waals surface area contributed by atoms with Crippen molar-refractivity contribution in [1.29, 1.82) is 0 Å². The third-order valence-electron chi connectivity index (χ3n) is 1.76.